The lowest BCUT2D eigenvalue weighted by Gasteiger charge is -2.21. The van der Waals surface area contributed by atoms with Crippen molar-refractivity contribution in [3.8, 4) is 0 Å². The summed E-state index contributed by atoms with van der Waals surface area (Å²) >= 11 is 5.94. The maximum Gasteiger partial charge on any atom is 0.249 e. The number of ketones is 1. The Morgan fingerprint density at radius 1 is 0.892 bits per heavy atom. The van der Waals surface area contributed by atoms with E-state index in [1.165, 1.54) is 25.7 Å². The van der Waals surface area contributed by atoms with Crippen molar-refractivity contribution in [1.82, 2.24) is 0 Å². The van der Waals surface area contributed by atoms with Crippen LogP contribution in [0, 0.1) is 0 Å². The molecule has 0 spiro atoms. The Morgan fingerprint density at radius 2 is 1.59 bits per heavy atom. The number of hydrogen-bond donors (Lipinski definition) is 2. The Bertz CT molecular complexity index is 1160. The number of unbranched alkanes of at least 4 members (excludes halogenated alkanes) is 5. The van der Waals surface area contributed by atoms with Crippen LogP contribution >= 0.6 is 11.6 Å². The lowest BCUT2D eigenvalue weighted by molar-refractivity contribution is 0.0281. The summed E-state index contributed by atoms with van der Waals surface area (Å²) in [6, 6.07) is 18.0. The largest absolute Gasteiger partial charge is 0.388 e. The fourth-order valence-corrected chi connectivity index (χ4v) is 4.86. The number of hydrogen-bond acceptors (Lipinski definition) is 4. The van der Waals surface area contributed by atoms with E-state index in [1.807, 2.05) is 30.3 Å². The molecule has 0 saturated heterocycles. The van der Waals surface area contributed by atoms with Crippen LogP contribution in [0.15, 0.2) is 60.7 Å². The quantitative estimate of drug-likeness (QED) is 0.151. The zero-order chi connectivity index (χ0) is 26.6. The Balaban J connectivity index is 1.67. The van der Waals surface area contributed by atoms with Gasteiger partial charge in [-0.2, -0.15) is 0 Å². The third-order valence-corrected chi connectivity index (χ3v) is 7.08. The number of halogens is 1. The monoisotopic (exact) mass is 523 g/mol. The first-order valence-electron chi connectivity index (χ1n) is 13.3. The third kappa shape index (κ3) is 8.67. The standard InChI is InChI=1S/C31H38ClNO4/c1-2-3-4-5-6-7-11-25(37-21-29(35)23-13-16-24(32)17-14-23)18-20-28(34)30-26-12-9-8-10-22(26)15-19-27(30)31(33)36/h8-10,12-17,19,25,28,34H,2-7,11,18,20-21H2,1H3,(H2,33,36). The molecule has 0 saturated carbocycles. The fraction of sp³-hybridized carbons (Fsp3) is 0.419. The van der Waals surface area contributed by atoms with E-state index < -0.39 is 12.0 Å². The van der Waals surface area contributed by atoms with E-state index in [0.717, 1.165) is 30.0 Å². The Kier molecular flexibility index (Phi) is 11.6. The SMILES string of the molecule is CCCCCCCCC(CCC(O)c1c(C(N)=O)ccc2ccccc12)OCC(=O)c1ccc(Cl)cc1. The minimum atomic E-state index is -0.878. The molecule has 2 unspecified atom stereocenters. The van der Waals surface area contributed by atoms with Gasteiger partial charge >= 0.3 is 0 Å². The molecule has 0 aromatic heterocycles. The number of ether oxygens (including phenoxy) is 1. The van der Waals surface area contributed by atoms with Gasteiger partial charge in [-0.3, -0.25) is 9.59 Å². The summed E-state index contributed by atoms with van der Waals surface area (Å²) < 4.78 is 6.08. The summed E-state index contributed by atoms with van der Waals surface area (Å²) in [6.07, 6.45) is 7.69. The molecule has 5 nitrogen and oxygen atoms in total. The topological polar surface area (TPSA) is 89.6 Å². The molecule has 3 aromatic carbocycles. The van der Waals surface area contributed by atoms with E-state index in [4.69, 9.17) is 22.1 Å². The van der Waals surface area contributed by atoms with Crippen molar-refractivity contribution in [3.05, 3.63) is 82.4 Å². The zero-order valence-corrected chi connectivity index (χ0v) is 22.4. The molecule has 3 aromatic rings. The molecule has 0 fully saturated rings. The van der Waals surface area contributed by atoms with Crippen LogP contribution in [0.5, 0.6) is 0 Å². The second-order valence-corrected chi connectivity index (χ2v) is 10.1. The third-order valence-electron chi connectivity index (χ3n) is 6.83. The predicted octanol–water partition coefficient (Wildman–Crippen LogP) is 7.42. The lowest BCUT2D eigenvalue weighted by atomic mass is 9.91. The predicted molar refractivity (Wildman–Crippen MR) is 150 cm³/mol. The van der Waals surface area contributed by atoms with Crippen molar-refractivity contribution in [2.75, 3.05) is 6.61 Å². The molecule has 0 radical (unpaired) electrons. The molecule has 0 aliphatic rings. The second-order valence-electron chi connectivity index (χ2n) is 9.62. The highest BCUT2D eigenvalue weighted by Gasteiger charge is 2.21. The fourth-order valence-electron chi connectivity index (χ4n) is 4.73. The molecular formula is C31H38ClNO4. The van der Waals surface area contributed by atoms with Gasteiger partial charge in [0.1, 0.15) is 6.61 Å². The first kappa shape index (κ1) is 28.8. The summed E-state index contributed by atoms with van der Waals surface area (Å²) in [6.45, 7) is 2.17. The Labute approximate surface area is 225 Å². The maximum atomic E-state index is 12.7. The van der Waals surface area contributed by atoms with Gasteiger partial charge in [0.25, 0.3) is 0 Å². The molecule has 2 atom stereocenters. The number of Topliss-reactive ketones (excluding diaryl/α,β-unsaturated/α-hetero) is 1. The molecule has 6 heteroatoms. The first-order chi connectivity index (χ1) is 17.9. The highest BCUT2D eigenvalue weighted by atomic mass is 35.5. The van der Waals surface area contributed by atoms with Crippen LogP contribution in [0.4, 0.5) is 0 Å². The second kappa shape index (κ2) is 14.9. The highest BCUT2D eigenvalue weighted by Crippen LogP contribution is 2.31. The number of carbonyl (C=O) groups is 2. The van der Waals surface area contributed by atoms with Crippen LogP contribution < -0.4 is 5.73 Å². The summed E-state index contributed by atoms with van der Waals surface area (Å²) in [5.74, 6) is -0.663. The highest BCUT2D eigenvalue weighted by molar-refractivity contribution is 6.30. The number of carbonyl (C=O) groups excluding carboxylic acids is 2. The van der Waals surface area contributed by atoms with Crippen LogP contribution in [0.1, 0.15) is 97.1 Å². The minimum Gasteiger partial charge on any atom is -0.388 e. The van der Waals surface area contributed by atoms with E-state index in [-0.39, 0.29) is 18.5 Å². The van der Waals surface area contributed by atoms with Gasteiger partial charge in [-0.05, 0) is 60.4 Å². The molecule has 3 N–H and O–H groups in total. The molecule has 198 valence electrons. The van der Waals surface area contributed by atoms with E-state index >= 15 is 0 Å². The van der Waals surface area contributed by atoms with E-state index in [0.29, 0.717) is 34.6 Å². The number of aliphatic hydroxyl groups is 1. The van der Waals surface area contributed by atoms with Gasteiger partial charge in [-0.25, -0.2) is 0 Å². The number of aliphatic hydroxyl groups excluding tert-OH is 1. The van der Waals surface area contributed by atoms with Gasteiger partial charge in [0.2, 0.25) is 5.91 Å². The maximum absolute atomic E-state index is 12.7. The normalized spacial score (nSPS) is 12.9. The zero-order valence-electron chi connectivity index (χ0n) is 21.6. The summed E-state index contributed by atoms with van der Waals surface area (Å²) in [7, 11) is 0. The van der Waals surface area contributed by atoms with Crippen LogP contribution in [0.2, 0.25) is 5.02 Å². The Morgan fingerprint density at radius 3 is 2.32 bits per heavy atom. The van der Waals surface area contributed by atoms with Crippen molar-refractivity contribution in [2.45, 2.75) is 76.9 Å². The van der Waals surface area contributed by atoms with Crippen LogP contribution in [-0.2, 0) is 4.74 Å². The van der Waals surface area contributed by atoms with Crippen LogP contribution in [0.3, 0.4) is 0 Å². The number of nitrogens with two attached hydrogens (primary N) is 1. The smallest absolute Gasteiger partial charge is 0.249 e. The molecule has 0 aliphatic heterocycles. The molecule has 37 heavy (non-hydrogen) atoms. The minimum absolute atomic E-state index is 0.0287. The number of primary amides is 1. The molecule has 0 heterocycles. The lowest BCUT2D eigenvalue weighted by Crippen LogP contribution is -2.21. The molecular weight excluding hydrogens is 486 g/mol. The Hall–Kier alpha value is -2.73. The van der Waals surface area contributed by atoms with Crippen molar-refractivity contribution < 1.29 is 19.4 Å². The van der Waals surface area contributed by atoms with Crippen molar-refractivity contribution in [3.63, 3.8) is 0 Å². The molecule has 3 rings (SSSR count). The van der Waals surface area contributed by atoms with Gasteiger partial charge in [0.15, 0.2) is 5.78 Å². The summed E-state index contributed by atoms with van der Waals surface area (Å²) in [5.41, 5.74) is 7.09. The molecule has 0 bridgehead atoms. The number of fused-ring (bicyclic) bond motifs is 1. The summed E-state index contributed by atoms with van der Waals surface area (Å²) in [4.78, 5) is 24.8. The van der Waals surface area contributed by atoms with Gasteiger partial charge in [-0.15, -0.1) is 0 Å². The van der Waals surface area contributed by atoms with Gasteiger partial charge in [0.05, 0.1) is 12.2 Å². The average molecular weight is 524 g/mol. The first-order valence-corrected chi connectivity index (χ1v) is 13.7. The number of rotatable bonds is 16. The average Bonchev–Trinajstić information content (AvgIpc) is 2.90. The van der Waals surface area contributed by atoms with Crippen molar-refractivity contribution in [2.24, 2.45) is 5.73 Å². The van der Waals surface area contributed by atoms with Crippen molar-refractivity contribution >= 4 is 34.1 Å². The number of benzene rings is 3. The van der Waals surface area contributed by atoms with Crippen LogP contribution in [-0.4, -0.2) is 29.5 Å². The van der Waals surface area contributed by atoms with Gasteiger partial charge < -0.3 is 15.6 Å². The summed E-state index contributed by atoms with van der Waals surface area (Å²) in [5, 5.41) is 13.5. The van der Waals surface area contributed by atoms with Gasteiger partial charge in [-0.1, -0.05) is 87.4 Å². The number of amides is 1. The van der Waals surface area contributed by atoms with Gasteiger partial charge in [0, 0.05) is 21.7 Å². The van der Waals surface area contributed by atoms with E-state index in [1.54, 1.807) is 30.3 Å². The van der Waals surface area contributed by atoms with E-state index in [2.05, 4.69) is 6.92 Å². The molecule has 0 aliphatic carbocycles. The van der Waals surface area contributed by atoms with Crippen LogP contribution in [0.25, 0.3) is 10.8 Å². The van der Waals surface area contributed by atoms with E-state index in [9.17, 15) is 14.7 Å². The molecule has 1 amide bonds. The van der Waals surface area contributed by atoms with Crippen molar-refractivity contribution in [1.29, 1.82) is 0 Å².